The van der Waals surface area contributed by atoms with Crippen LogP contribution in [0.15, 0.2) is 36.5 Å². The zero-order chi connectivity index (χ0) is 49.2. The van der Waals surface area contributed by atoms with Crippen LogP contribution in [0.2, 0.25) is 0 Å². The van der Waals surface area contributed by atoms with Gasteiger partial charge in [0.1, 0.15) is 0 Å². The van der Waals surface area contributed by atoms with Gasteiger partial charge in [0.05, 0.1) is 18.8 Å². The van der Waals surface area contributed by atoms with Gasteiger partial charge in [-0.25, -0.2) is 0 Å². The number of carbonyl (C=O) groups excluding carboxylic acids is 1. The topological polar surface area (TPSA) is 69.6 Å². The first-order valence-electron chi connectivity index (χ1n) is 31.2. The molecule has 0 aromatic heterocycles. The van der Waals surface area contributed by atoms with Gasteiger partial charge < -0.3 is 15.5 Å². The minimum absolute atomic E-state index is 0.0716. The molecule has 0 fully saturated rings. The quantitative estimate of drug-likeness (QED) is 0.0420. The first-order valence-corrected chi connectivity index (χ1v) is 31.2. The molecule has 0 radical (unpaired) electrons. The normalized spacial score (nSPS) is 12.9. The van der Waals surface area contributed by atoms with Crippen molar-refractivity contribution in [3.8, 4) is 0 Å². The molecule has 0 saturated carbocycles. The number of aliphatic hydroxyl groups excluding tert-OH is 2. The Morgan fingerprint density at radius 2 is 0.574 bits per heavy atom. The van der Waals surface area contributed by atoms with Gasteiger partial charge in [-0.05, 0) is 44.9 Å². The molecule has 68 heavy (non-hydrogen) atoms. The van der Waals surface area contributed by atoms with Crippen LogP contribution >= 0.6 is 0 Å². The Hall–Kier alpha value is -1.39. The van der Waals surface area contributed by atoms with E-state index in [1.807, 2.05) is 6.08 Å². The Morgan fingerprint density at radius 3 is 0.853 bits per heavy atom. The van der Waals surface area contributed by atoms with Crippen molar-refractivity contribution in [1.29, 1.82) is 0 Å². The summed E-state index contributed by atoms with van der Waals surface area (Å²) in [6.07, 6.45) is 82.1. The van der Waals surface area contributed by atoms with Gasteiger partial charge in [0.25, 0.3) is 0 Å². The van der Waals surface area contributed by atoms with Crippen molar-refractivity contribution in [2.75, 3.05) is 6.61 Å². The highest BCUT2D eigenvalue weighted by atomic mass is 16.3. The van der Waals surface area contributed by atoms with Gasteiger partial charge in [-0.2, -0.15) is 0 Å². The number of aliphatic hydroxyl groups is 2. The maximum Gasteiger partial charge on any atom is 0.220 e. The molecule has 2 atom stereocenters. The monoisotopic (exact) mass is 954 g/mol. The number of hydrogen-bond acceptors (Lipinski definition) is 3. The molecule has 1 amide bonds. The van der Waals surface area contributed by atoms with Crippen LogP contribution in [0.25, 0.3) is 0 Å². The third-order valence-electron chi connectivity index (χ3n) is 14.6. The molecule has 0 aliphatic carbocycles. The number of rotatable bonds is 58. The predicted octanol–water partition coefficient (Wildman–Crippen LogP) is 20.8. The summed E-state index contributed by atoms with van der Waals surface area (Å²) in [7, 11) is 0. The molecule has 0 rings (SSSR count). The van der Waals surface area contributed by atoms with Gasteiger partial charge in [-0.1, -0.05) is 333 Å². The third kappa shape index (κ3) is 55.5. The molecule has 0 aromatic rings. The number of amides is 1. The Balaban J connectivity index is 3.41. The van der Waals surface area contributed by atoms with Crippen LogP contribution in [-0.2, 0) is 4.79 Å². The number of allylic oxidation sites excluding steroid dienone is 5. The van der Waals surface area contributed by atoms with Crippen molar-refractivity contribution in [2.24, 2.45) is 0 Å². The minimum Gasteiger partial charge on any atom is -0.394 e. The van der Waals surface area contributed by atoms with E-state index in [1.54, 1.807) is 6.08 Å². The number of carbonyl (C=O) groups is 1. The fourth-order valence-electron chi connectivity index (χ4n) is 9.86. The molecule has 0 aromatic carbocycles. The first kappa shape index (κ1) is 66.6. The van der Waals surface area contributed by atoms with Crippen LogP contribution in [-0.4, -0.2) is 34.9 Å². The van der Waals surface area contributed by atoms with E-state index in [1.165, 1.54) is 289 Å². The van der Waals surface area contributed by atoms with E-state index in [2.05, 4.69) is 43.5 Å². The molecule has 0 aliphatic heterocycles. The van der Waals surface area contributed by atoms with Crippen molar-refractivity contribution >= 4 is 5.91 Å². The lowest BCUT2D eigenvalue weighted by molar-refractivity contribution is -0.123. The van der Waals surface area contributed by atoms with Crippen LogP contribution < -0.4 is 5.32 Å². The van der Waals surface area contributed by atoms with E-state index < -0.39 is 12.1 Å². The van der Waals surface area contributed by atoms with E-state index >= 15 is 0 Å². The van der Waals surface area contributed by atoms with Crippen molar-refractivity contribution in [1.82, 2.24) is 5.32 Å². The summed E-state index contributed by atoms with van der Waals surface area (Å²) in [6, 6.07) is -0.644. The number of hydrogen-bond donors (Lipinski definition) is 3. The van der Waals surface area contributed by atoms with Gasteiger partial charge in [-0.3, -0.25) is 4.79 Å². The molecule has 0 bridgehead atoms. The first-order chi connectivity index (χ1) is 33.7. The van der Waals surface area contributed by atoms with E-state index in [-0.39, 0.29) is 12.5 Å². The number of unbranched alkanes of at least 4 members (excludes halogenated alkanes) is 47. The SMILES string of the molecule is CCCCCCCCCC/C=C/CC/C=C/CC/C=C/C(O)C(CO)NC(=O)CCCCCCCCCCCCCCCCCCCCCCCCCCCCCCCCCCCCCCCC. The molecular formula is C64H123NO3. The highest BCUT2D eigenvalue weighted by Gasteiger charge is 2.18. The van der Waals surface area contributed by atoms with E-state index in [0.29, 0.717) is 6.42 Å². The van der Waals surface area contributed by atoms with Gasteiger partial charge in [-0.15, -0.1) is 0 Å². The largest absolute Gasteiger partial charge is 0.394 e. The van der Waals surface area contributed by atoms with Gasteiger partial charge in [0.15, 0.2) is 0 Å². The van der Waals surface area contributed by atoms with Crippen LogP contribution in [0.3, 0.4) is 0 Å². The van der Waals surface area contributed by atoms with Crippen molar-refractivity contribution in [3.63, 3.8) is 0 Å². The zero-order valence-corrected chi connectivity index (χ0v) is 46.4. The summed E-state index contributed by atoms with van der Waals surface area (Å²) in [5.74, 6) is -0.0716. The zero-order valence-electron chi connectivity index (χ0n) is 46.4. The maximum atomic E-state index is 12.5. The Labute approximate surface area is 427 Å². The van der Waals surface area contributed by atoms with Crippen molar-refractivity contribution < 1.29 is 15.0 Å². The average Bonchev–Trinajstić information content (AvgIpc) is 3.34. The molecule has 0 spiro atoms. The van der Waals surface area contributed by atoms with Crippen molar-refractivity contribution in [3.05, 3.63) is 36.5 Å². The predicted molar refractivity (Wildman–Crippen MR) is 304 cm³/mol. The minimum atomic E-state index is -0.869. The summed E-state index contributed by atoms with van der Waals surface area (Å²) >= 11 is 0. The lowest BCUT2D eigenvalue weighted by atomic mass is 10.0. The third-order valence-corrected chi connectivity index (χ3v) is 14.6. The van der Waals surface area contributed by atoms with E-state index in [0.717, 1.165) is 38.5 Å². The van der Waals surface area contributed by atoms with Gasteiger partial charge in [0, 0.05) is 6.42 Å². The second kappa shape index (κ2) is 59.9. The van der Waals surface area contributed by atoms with E-state index in [9.17, 15) is 15.0 Å². The van der Waals surface area contributed by atoms with Crippen LogP contribution in [0.1, 0.15) is 348 Å². The standard InChI is InChI=1S/C64H123NO3/c1-3-5-7-9-11-13-15-17-19-21-23-24-25-26-27-28-29-30-31-32-33-34-35-36-37-38-39-40-41-42-44-46-48-50-52-54-56-58-60-64(68)65-62(61-66)63(67)59-57-55-53-51-49-47-45-43-22-20-18-16-14-12-10-8-6-4-2/h22,43,49,51,57,59,62-63,66-67H,3-21,23-42,44-48,50,52-56,58,60-61H2,1-2H3,(H,65,68)/b43-22+,51-49+,59-57+. The second-order valence-corrected chi connectivity index (χ2v) is 21.5. The summed E-state index contributed by atoms with van der Waals surface area (Å²) in [6.45, 7) is 4.32. The molecule has 4 nitrogen and oxygen atoms in total. The summed E-state index contributed by atoms with van der Waals surface area (Å²) in [5, 5.41) is 23.1. The smallest absolute Gasteiger partial charge is 0.220 e. The molecule has 0 aliphatic rings. The van der Waals surface area contributed by atoms with Gasteiger partial charge >= 0.3 is 0 Å². The summed E-state index contributed by atoms with van der Waals surface area (Å²) in [4.78, 5) is 12.5. The van der Waals surface area contributed by atoms with Gasteiger partial charge in [0.2, 0.25) is 5.91 Å². The number of nitrogens with one attached hydrogen (secondary N) is 1. The summed E-state index contributed by atoms with van der Waals surface area (Å²) in [5.41, 5.74) is 0. The molecule has 0 heterocycles. The molecular weight excluding hydrogens is 831 g/mol. The van der Waals surface area contributed by atoms with Crippen LogP contribution in [0, 0.1) is 0 Å². The second-order valence-electron chi connectivity index (χ2n) is 21.5. The molecule has 4 heteroatoms. The fourth-order valence-corrected chi connectivity index (χ4v) is 9.86. The molecule has 402 valence electrons. The van der Waals surface area contributed by atoms with E-state index in [4.69, 9.17) is 0 Å². The van der Waals surface area contributed by atoms with Crippen molar-refractivity contribution in [2.45, 2.75) is 360 Å². The Kier molecular flexibility index (Phi) is 58.7. The Bertz CT molecular complexity index is 1040. The highest BCUT2D eigenvalue weighted by Crippen LogP contribution is 2.18. The highest BCUT2D eigenvalue weighted by molar-refractivity contribution is 5.76. The molecule has 2 unspecified atom stereocenters. The average molecular weight is 955 g/mol. The maximum absolute atomic E-state index is 12.5. The Morgan fingerprint density at radius 1 is 0.338 bits per heavy atom. The van der Waals surface area contributed by atoms with Crippen LogP contribution in [0.5, 0.6) is 0 Å². The lowest BCUT2D eigenvalue weighted by Gasteiger charge is -2.19. The van der Waals surface area contributed by atoms with Crippen LogP contribution in [0.4, 0.5) is 0 Å². The fraction of sp³-hybridized carbons (Fsp3) is 0.891. The molecule has 0 saturated heterocycles. The summed E-state index contributed by atoms with van der Waals surface area (Å²) < 4.78 is 0. The lowest BCUT2D eigenvalue weighted by Crippen LogP contribution is -2.45. The molecule has 3 N–H and O–H groups in total.